The van der Waals surface area contributed by atoms with Crippen LogP contribution >= 0.6 is 28.1 Å². The summed E-state index contributed by atoms with van der Waals surface area (Å²) < 4.78 is 7.18. The van der Waals surface area contributed by atoms with Crippen LogP contribution in [0.15, 0.2) is 34.8 Å². The van der Waals surface area contributed by atoms with Crippen LogP contribution in [0.4, 0.5) is 0 Å². The van der Waals surface area contributed by atoms with Crippen LogP contribution in [0.5, 0.6) is 0 Å². The lowest BCUT2D eigenvalue weighted by Crippen LogP contribution is -2.10. The van der Waals surface area contributed by atoms with E-state index in [2.05, 4.69) is 32.8 Å². The lowest BCUT2D eigenvalue weighted by molar-refractivity contribution is 0.0493. The van der Waals surface area contributed by atoms with Crippen molar-refractivity contribution >= 4 is 28.1 Å². The Balaban J connectivity index is 2.50. The zero-order valence-electron chi connectivity index (χ0n) is 12.2. The summed E-state index contributed by atoms with van der Waals surface area (Å²) in [4.78, 5) is 7.87. The van der Waals surface area contributed by atoms with E-state index in [1.54, 1.807) is 0 Å². The fourth-order valence-corrected chi connectivity index (χ4v) is 2.81. The van der Waals surface area contributed by atoms with Crippen molar-refractivity contribution < 1.29 is 4.74 Å². The largest absolute Gasteiger partial charge is 0.371 e. The molecular formula is C16H19BrN2OS. The van der Waals surface area contributed by atoms with E-state index >= 15 is 0 Å². The Morgan fingerprint density at radius 1 is 1.29 bits per heavy atom. The van der Waals surface area contributed by atoms with Crippen LogP contribution in [-0.4, -0.2) is 16.6 Å². The zero-order chi connectivity index (χ0) is 15.2. The summed E-state index contributed by atoms with van der Waals surface area (Å²) in [6.45, 7) is 4.79. The highest BCUT2D eigenvalue weighted by molar-refractivity contribution is 9.10. The first-order valence-corrected chi connectivity index (χ1v) is 8.34. The van der Waals surface area contributed by atoms with Gasteiger partial charge in [-0.05, 0) is 34.8 Å². The van der Waals surface area contributed by atoms with E-state index in [-0.39, 0.29) is 6.10 Å². The minimum atomic E-state index is -0.0442. The Bertz CT molecular complexity index is 636. The van der Waals surface area contributed by atoms with Gasteiger partial charge in [0.15, 0.2) is 0 Å². The molecule has 5 heteroatoms. The van der Waals surface area contributed by atoms with Gasteiger partial charge in [-0.3, -0.25) is 0 Å². The molecule has 0 aliphatic heterocycles. The van der Waals surface area contributed by atoms with Gasteiger partial charge in [-0.25, -0.2) is 4.98 Å². The maximum absolute atomic E-state index is 5.80. The van der Waals surface area contributed by atoms with Crippen LogP contribution in [0.1, 0.15) is 38.6 Å². The SMILES string of the molecule is CCCC(OCC)c1nc(=S)c(Br)c(-c2ccccc2)[nH]1. The average Bonchev–Trinajstić information content (AvgIpc) is 2.50. The molecule has 0 saturated heterocycles. The van der Waals surface area contributed by atoms with E-state index in [1.165, 1.54) is 0 Å². The molecule has 1 aromatic carbocycles. The molecule has 1 unspecified atom stereocenters. The van der Waals surface area contributed by atoms with Crippen molar-refractivity contribution in [2.45, 2.75) is 32.8 Å². The van der Waals surface area contributed by atoms with Gasteiger partial charge in [-0.1, -0.05) is 55.9 Å². The molecule has 1 N–H and O–H groups in total. The van der Waals surface area contributed by atoms with Gasteiger partial charge in [0.1, 0.15) is 16.6 Å². The monoisotopic (exact) mass is 366 g/mol. The molecule has 0 aliphatic carbocycles. The fourth-order valence-electron chi connectivity index (χ4n) is 2.19. The fraction of sp³-hybridized carbons (Fsp3) is 0.375. The van der Waals surface area contributed by atoms with Gasteiger partial charge in [-0.2, -0.15) is 0 Å². The van der Waals surface area contributed by atoms with E-state index < -0.39 is 0 Å². The standard InChI is InChI=1S/C16H19BrN2OS/c1-3-8-12(20-4-2)15-18-14(13(17)16(21)19-15)11-9-6-5-7-10-11/h5-7,9-10,12H,3-4,8H2,1-2H3,(H,18,19,21). The molecule has 0 saturated carbocycles. The summed E-state index contributed by atoms with van der Waals surface area (Å²) >= 11 is 8.92. The molecule has 0 bridgehead atoms. The molecule has 1 atom stereocenters. The lowest BCUT2D eigenvalue weighted by atomic mass is 10.1. The highest BCUT2D eigenvalue weighted by Crippen LogP contribution is 2.29. The van der Waals surface area contributed by atoms with E-state index in [4.69, 9.17) is 17.0 Å². The third kappa shape index (κ3) is 3.99. The second kappa shape index (κ2) is 7.82. The van der Waals surface area contributed by atoms with E-state index in [1.807, 2.05) is 37.3 Å². The van der Waals surface area contributed by atoms with Crippen LogP contribution in [0.2, 0.25) is 0 Å². The second-order valence-corrected chi connectivity index (χ2v) is 5.89. The molecule has 0 amide bonds. The van der Waals surface area contributed by atoms with Crippen LogP contribution in [0.3, 0.4) is 0 Å². The molecular weight excluding hydrogens is 348 g/mol. The molecule has 0 spiro atoms. The van der Waals surface area contributed by atoms with Gasteiger partial charge in [0, 0.05) is 6.61 Å². The van der Waals surface area contributed by atoms with Crippen molar-refractivity contribution in [2.75, 3.05) is 6.61 Å². The summed E-state index contributed by atoms with van der Waals surface area (Å²) in [6, 6.07) is 10.1. The number of aromatic nitrogens is 2. The minimum absolute atomic E-state index is 0.0442. The molecule has 2 rings (SSSR count). The second-order valence-electron chi connectivity index (χ2n) is 4.71. The molecule has 112 valence electrons. The Labute approximate surface area is 138 Å². The Kier molecular flexibility index (Phi) is 6.08. The molecule has 1 aromatic heterocycles. The molecule has 3 nitrogen and oxygen atoms in total. The van der Waals surface area contributed by atoms with Crippen molar-refractivity contribution in [1.29, 1.82) is 0 Å². The van der Waals surface area contributed by atoms with Crippen molar-refractivity contribution in [2.24, 2.45) is 0 Å². The summed E-state index contributed by atoms with van der Waals surface area (Å²) in [6.07, 6.45) is 1.91. The van der Waals surface area contributed by atoms with Crippen LogP contribution in [-0.2, 0) is 4.74 Å². The van der Waals surface area contributed by atoms with Gasteiger partial charge in [0.2, 0.25) is 0 Å². The first kappa shape index (κ1) is 16.3. The number of aromatic amines is 1. The number of H-pyrrole nitrogens is 1. The molecule has 1 heterocycles. The Hall–Kier alpha value is -1.04. The average molecular weight is 367 g/mol. The van der Waals surface area contributed by atoms with E-state index in [0.717, 1.165) is 34.4 Å². The maximum Gasteiger partial charge on any atom is 0.144 e. The van der Waals surface area contributed by atoms with Crippen molar-refractivity contribution in [3.8, 4) is 11.3 Å². The highest BCUT2D eigenvalue weighted by Gasteiger charge is 2.16. The Morgan fingerprint density at radius 2 is 2.00 bits per heavy atom. The number of nitrogens with zero attached hydrogens (tertiary/aromatic N) is 1. The molecule has 0 aliphatic rings. The predicted molar refractivity (Wildman–Crippen MR) is 91.8 cm³/mol. The van der Waals surface area contributed by atoms with Crippen LogP contribution < -0.4 is 0 Å². The maximum atomic E-state index is 5.80. The number of hydrogen-bond donors (Lipinski definition) is 1. The molecule has 0 fully saturated rings. The van der Waals surface area contributed by atoms with Gasteiger partial charge in [0.05, 0.1) is 10.2 Å². The van der Waals surface area contributed by atoms with Crippen LogP contribution in [0.25, 0.3) is 11.3 Å². The van der Waals surface area contributed by atoms with Gasteiger partial charge >= 0.3 is 0 Å². The molecule has 21 heavy (non-hydrogen) atoms. The summed E-state index contributed by atoms with van der Waals surface area (Å²) in [5, 5.41) is 0. The number of benzene rings is 1. The van der Waals surface area contributed by atoms with Crippen molar-refractivity contribution in [1.82, 2.24) is 9.97 Å². The smallest absolute Gasteiger partial charge is 0.144 e. The first-order chi connectivity index (χ1) is 10.2. The Morgan fingerprint density at radius 3 is 2.62 bits per heavy atom. The lowest BCUT2D eigenvalue weighted by Gasteiger charge is -2.17. The highest BCUT2D eigenvalue weighted by atomic mass is 79.9. The first-order valence-electron chi connectivity index (χ1n) is 7.14. The zero-order valence-corrected chi connectivity index (χ0v) is 14.6. The third-order valence-electron chi connectivity index (χ3n) is 3.17. The third-order valence-corrected chi connectivity index (χ3v) is 4.50. The van der Waals surface area contributed by atoms with Gasteiger partial charge in [0.25, 0.3) is 0 Å². The number of hydrogen-bond acceptors (Lipinski definition) is 3. The summed E-state index contributed by atoms with van der Waals surface area (Å²) in [7, 11) is 0. The minimum Gasteiger partial charge on any atom is -0.371 e. The predicted octanol–water partition coefficient (Wildman–Crippen LogP) is 5.45. The number of ether oxygens (including phenoxy) is 1. The van der Waals surface area contributed by atoms with Crippen molar-refractivity contribution in [3.05, 3.63) is 45.3 Å². The molecule has 2 aromatic rings. The van der Waals surface area contributed by atoms with Gasteiger partial charge in [-0.15, -0.1) is 0 Å². The number of halogens is 1. The normalized spacial score (nSPS) is 12.3. The quantitative estimate of drug-likeness (QED) is 0.691. The van der Waals surface area contributed by atoms with E-state index in [0.29, 0.717) is 11.2 Å². The number of rotatable bonds is 6. The topological polar surface area (TPSA) is 37.9 Å². The summed E-state index contributed by atoms with van der Waals surface area (Å²) in [5.41, 5.74) is 2.03. The van der Waals surface area contributed by atoms with Crippen molar-refractivity contribution in [3.63, 3.8) is 0 Å². The van der Waals surface area contributed by atoms with Gasteiger partial charge < -0.3 is 9.72 Å². The van der Waals surface area contributed by atoms with Crippen LogP contribution in [0, 0.1) is 4.64 Å². The number of nitrogens with one attached hydrogen (secondary N) is 1. The van der Waals surface area contributed by atoms with E-state index in [9.17, 15) is 0 Å². The summed E-state index contributed by atoms with van der Waals surface area (Å²) in [5.74, 6) is 0.797. The molecule has 0 radical (unpaired) electrons.